The summed E-state index contributed by atoms with van der Waals surface area (Å²) in [7, 11) is 0. The molecule has 1 saturated heterocycles. The van der Waals surface area contributed by atoms with Gasteiger partial charge in [-0.3, -0.25) is 4.79 Å². The van der Waals surface area contributed by atoms with Crippen LogP contribution >= 0.6 is 0 Å². The third-order valence-electron chi connectivity index (χ3n) is 6.44. The van der Waals surface area contributed by atoms with E-state index < -0.39 is 0 Å². The minimum atomic E-state index is 0.221. The van der Waals surface area contributed by atoms with Gasteiger partial charge in [0, 0.05) is 6.04 Å². The van der Waals surface area contributed by atoms with Crippen molar-refractivity contribution in [2.24, 2.45) is 11.8 Å². The van der Waals surface area contributed by atoms with Gasteiger partial charge in [0.05, 0.1) is 38.5 Å². The predicted molar refractivity (Wildman–Crippen MR) is 109 cm³/mol. The average molecular weight is 375 g/mol. The highest BCUT2D eigenvalue weighted by Gasteiger charge is 2.30. The highest BCUT2D eigenvalue weighted by atomic mass is 16.5. The van der Waals surface area contributed by atoms with Gasteiger partial charge in [0.25, 0.3) is 5.91 Å². The van der Waals surface area contributed by atoms with E-state index in [0.29, 0.717) is 31.0 Å². The van der Waals surface area contributed by atoms with E-state index >= 15 is 0 Å². The van der Waals surface area contributed by atoms with Crippen LogP contribution in [0.4, 0.5) is 5.69 Å². The maximum atomic E-state index is 12.6. The van der Waals surface area contributed by atoms with Gasteiger partial charge in [-0.2, -0.15) is 0 Å². The van der Waals surface area contributed by atoms with Gasteiger partial charge in [0.15, 0.2) is 6.54 Å². The molecule has 0 spiro atoms. The van der Waals surface area contributed by atoms with Crippen LogP contribution in [0.15, 0.2) is 24.3 Å². The van der Waals surface area contributed by atoms with E-state index in [0.717, 1.165) is 38.3 Å². The zero-order chi connectivity index (χ0) is 19.2. The molecule has 1 aliphatic carbocycles. The molecule has 1 aromatic rings. The molecule has 1 aliphatic heterocycles. The fourth-order valence-corrected chi connectivity index (χ4v) is 4.51. The maximum absolute atomic E-state index is 12.6. The van der Waals surface area contributed by atoms with Gasteiger partial charge >= 0.3 is 0 Å². The summed E-state index contributed by atoms with van der Waals surface area (Å²) in [6.07, 6.45) is 3.67. The second-order valence-corrected chi connectivity index (χ2v) is 8.26. The molecule has 0 radical (unpaired) electrons. The quantitative estimate of drug-likeness (QED) is 0.797. The number of piperazine rings is 1. The first-order chi connectivity index (χ1) is 13.1. The van der Waals surface area contributed by atoms with Crippen molar-refractivity contribution in [2.75, 3.05) is 44.2 Å². The first-order valence-corrected chi connectivity index (χ1v) is 10.7. The van der Waals surface area contributed by atoms with E-state index in [-0.39, 0.29) is 5.91 Å². The number of para-hydroxylation sites is 2. The number of quaternary nitrogens is 1. The summed E-state index contributed by atoms with van der Waals surface area (Å²) in [5.74, 6) is 2.48. The number of anilines is 1. The SMILES string of the molecule is CCOc1ccccc1N1CC[NH+](CC(=O)N[C@@H]2CCC[C@@H](C)[C@@H]2C)CC1. The van der Waals surface area contributed by atoms with Crippen LogP contribution in [0.5, 0.6) is 5.75 Å². The Bertz CT molecular complexity index is 613. The van der Waals surface area contributed by atoms with Gasteiger partial charge in [0.2, 0.25) is 0 Å². The molecule has 3 atom stereocenters. The molecule has 27 heavy (non-hydrogen) atoms. The molecule has 150 valence electrons. The second-order valence-electron chi connectivity index (χ2n) is 8.26. The van der Waals surface area contributed by atoms with Crippen LogP contribution in [0.2, 0.25) is 0 Å². The molecular formula is C22H36N3O2+. The van der Waals surface area contributed by atoms with Crippen LogP contribution in [0.1, 0.15) is 40.0 Å². The largest absolute Gasteiger partial charge is 0.492 e. The number of carbonyl (C=O) groups is 1. The van der Waals surface area contributed by atoms with E-state index in [1.54, 1.807) is 0 Å². The summed E-state index contributed by atoms with van der Waals surface area (Å²) in [5, 5.41) is 3.32. The smallest absolute Gasteiger partial charge is 0.275 e. The van der Waals surface area contributed by atoms with Crippen molar-refractivity contribution in [1.29, 1.82) is 0 Å². The first kappa shape index (κ1) is 20.0. The topological polar surface area (TPSA) is 46.0 Å². The number of hydrogen-bond donors (Lipinski definition) is 2. The number of ether oxygens (including phenoxy) is 1. The summed E-state index contributed by atoms with van der Waals surface area (Å²) in [6.45, 7) is 11.8. The number of rotatable bonds is 6. The Morgan fingerprint density at radius 1 is 1.22 bits per heavy atom. The second kappa shape index (κ2) is 9.45. The summed E-state index contributed by atoms with van der Waals surface area (Å²) in [4.78, 5) is 16.3. The molecule has 1 saturated carbocycles. The van der Waals surface area contributed by atoms with E-state index in [1.165, 1.54) is 23.4 Å². The third kappa shape index (κ3) is 5.16. The molecule has 0 aromatic heterocycles. The molecule has 2 fully saturated rings. The van der Waals surface area contributed by atoms with Crippen LogP contribution in [0.25, 0.3) is 0 Å². The van der Waals surface area contributed by atoms with Crippen molar-refractivity contribution in [2.45, 2.75) is 46.1 Å². The van der Waals surface area contributed by atoms with Crippen molar-refractivity contribution >= 4 is 11.6 Å². The molecule has 1 aromatic carbocycles. The molecule has 2 aliphatic rings. The van der Waals surface area contributed by atoms with Gasteiger partial charge < -0.3 is 19.9 Å². The van der Waals surface area contributed by atoms with Crippen molar-refractivity contribution in [3.8, 4) is 5.75 Å². The normalized spacial score (nSPS) is 26.6. The Labute approximate surface area is 164 Å². The highest BCUT2D eigenvalue weighted by Crippen LogP contribution is 2.29. The zero-order valence-electron chi connectivity index (χ0n) is 17.2. The van der Waals surface area contributed by atoms with Gasteiger partial charge in [-0.25, -0.2) is 0 Å². The van der Waals surface area contributed by atoms with E-state index in [4.69, 9.17) is 4.74 Å². The molecule has 5 heteroatoms. The van der Waals surface area contributed by atoms with E-state index in [1.807, 2.05) is 19.1 Å². The highest BCUT2D eigenvalue weighted by molar-refractivity contribution is 5.77. The lowest BCUT2D eigenvalue weighted by Gasteiger charge is -2.36. The number of benzene rings is 1. The van der Waals surface area contributed by atoms with Crippen LogP contribution in [0, 0.1) is 11.8 Å². The Hall–Kier alpha value is -1.75. The molecule has 1 heterocycles. The fraction of sp³-hybridized carbons (Fsp3) is 0.682. The Morgan fingerprint density at radius 3 is 2.70 bits per heavy atom. The van der Waals surface area contributed by atoms with Crippen molar-refractivity contribution in [1.82, 2.24) is 5.32 Å². The summed E-state index contributed by atoms with van der Waals surface area (Å²) < 4.78 is 5.77. The van der Waals surface area contributed by atoms with Gasteiger partial charge in [0.1, 0.15) is 5.75 Å². The Balaban J connectivity index is 1.47. The monoisotopic (exact) mass is 374 g/mol. The Kier molecular flexibility index (Phi) is 7.00. The van der Waals surface area contributed by atoms with Gasteiger partial charge in [-0.15, -0.1) is 0 Å². The zero-order valence-corrected chi connectivity index (χ0v) is 17.2. The molecule has 1 amide bonds. The molecule has 0 bridgehead atoms. The number of nitrogens with one attached hydrogen (secondary N) is 2. The molecule has 3 rings (SSSR count). The summed E-state index contributed by atoms with van der Waals surface area (Å²) >= 11 is 0. The summed E-state index contributed by atoms with van der Waals surface area (Å²) in [5.41, 5.74) is 1.17. The molecule has 5 nitrogen and oxygen atoms in total. The first-order valence-electron chi connectivity index (χ1n) is 10.7. The number of amides is 1. The molecular weight excluding hydrogens is 338 g/mol. The average Bonchev–Trinajstić information content (AvgIpc) is 2.67. The van der Waals surface area contributed by atoms with Crippen LogP contribution in [0.3, 0.4) is 0 Å². The molecule has 2 N–H and O–H groups in total. The van der Waals surface area contributed by atoms with Gasteiger partial charge in [-0.1, -0.05) is 38.8 Å². The number of hydrogen-bond acceptors (Lipinski definition) is 3. The molecule has 0 unspecified atom stereocenters. The Morgan fingerprint density at radius 2 is 1.96 bits per heavy atom. The van der Waals surface area contributed by atoms with Crippen molar-refractivity contribution < 1.29 is 14.4 Å². The third-order valence-corrected chi connectivity index (χ3v) is 6.44. The van der Waals surface area contributed by atoms with Crippen LogP contribution < -0.4 is 19.9 Å². The minimum absolute atomic E-state index is 0.221. The lowest BCUT2D eigenvalue weighted by Crippen LogP contribution is -3.16. The van der Waals surface area contributed by atoms with E-state index in [9.17, 15) is 4.79 Å². The number of carbonyl (C=O) groups excluding carboxylic acids is 1. The predicted octanol–water partition coefficient (Wildman–Crippen LogP) is 1.73. The lowest BCUT2D eigenvalue weighted by atomic mass is 9.78. The standard InChI is InChI=1S/C22H35N3O2/c1-4-27-21-11-6-5-10-20(21)25-14-12-24(13-15-25)16-22(26)23-19-9-7-8-17(2)18(19)3/h5-6,10-11,17-19H,4,7-9,12-16H2,1-3H3,(H,23,26)/p+1/t17-,18+,19-/m1/s1. The van der Waals surface area contributed by atoms with Crippen LogP contribution in [-0.2, 0) is 4.79 Å². The summed E-state index contributed by atoms with van der Waals surface area (Å²) in [6, 6.07) is 8.62. The van der Waals surface area contributed by atoms with E-state index in [2.05, 4.69) is 36.2 Å². The van der Waals surface area contributed by atoms with Gasteiger partial charge in [-0.05, 0) is 37.3 Å². The number of nitrogens with zero attached hydrogens (tertiary/aromatic N) is 1. The maximum Gasteiger partial charge on any atom is 0.275 e. The van der Waals surface area contributed by atoms with Crippen molar-refractivity contribution in [3.63, 3.8) is 0 Å². The van der Waals surface area contributed by atoms with Crippen molar-refractivity contribution in [3.05, 3.63) is 24.3 Å². The van der Waals surface area contributed by atoms with Crippen LogP contribution in [-0.4, -0.2) is 51.3 Å². The lowest BCUT2D eigenvalue weighted by molar-refractivity contribution is -0.892. The minimum Gasteiger partial charge on any atom is -0.492 e. The fourth-order valence-electron chi connectivity index (χ4n) is 4.51.